The molecular weight excluding hydrogens is 1910 g/mol. The second kappa shape index (κ2) is 59.9. The molecule has 43 heteroatoms. The number of hydrogen-bond acceptors (Lipinski definition) is 23. The number of benzene rings is 3. The third-order valence-electron chi connectivity index (χ3n) is 27.3. The van der Waals surface area contributed by atoms with E-state index >= 15 is 38.4 Å². The summed E-state index contributed by atoms with van der Waals surface area (Å²) in [6.07, 6.45) is 12.3. The van der Waals surface area contributed by atoms with Crippen LogP contribution < -0.4 is 70.4 Å². The number of likely N-dealkylation sites (N-methyl/N-ethyl adjacent to an activating group) is 3. The number of phenols is 1. The van der Waals surface area contributed by atoms with Crippen LogP contribution in [0.4, 0.5) is 0 Å². The quantitative estimate of drug-likeness (QED) is 0.0251. The molecule has 5 aromatic rings. The fraction of sp³-hybridized carbons (Fsp3) is 0.615. The lowest BCUT2D eigenvalue weighted by Gasteiger charge is -2.36. The minimum Gasteiger partial charge on any atom is -0.508 e. The molecule has 5 heterocycles. The number of aromatic amines is 1. The highest BCUT2D eigenvalue weighted by atomic mass is 32.2. The number of phenolic OH excluding ortho intramolecular Hbond substituents is 1. The van der Waals surface area contributed by atoms with Crippen LogP contribution >= 0.6 is 11.8 Å². The number of aliphatic carboxylic acids is 2. The van der Waals surface area contributed by atoms with Crippen LogP contribution in [0.2, 0.25) is 0 Å². The normalized spacial score (nSPS) is 23.8. The minimum absolute atomic E-state index is 0.000140. The predicted molar refractivity (Wildman–Crippen MR) is 553 cm³/mol. The summed E-state index contributed by atoms with van der Waals surface area (Å²) in [6, 6.07) is -1.49. The highest BCUT2D eigenvalue weighted by Crippen LogP contribution is 2.30. The van der Waals surface area contributed by atoms with Crippen molar-refractivity contribution in [2.75, 3.05) is 65.4 Å². The molecule has 810 valence electrons. The Labute approximate surface area is 863 Å². The number of unbranched alkanes of at least 4 members (excludes halogenated alkanes) is 13. The SMILES string of the molecule is CCCC[C@H]1C(=O)N(C)[C@@H](CCCC)C(=O)N[C@@H](CC(C)C)C(=O)N[C@H](C(=O)NCCCCCCCCCCCCCCC(=O)O)CSCC(=O)N[C@@H](Cc2ccc(O)cc2)C(=O)N(C)[C@@H](C)C(=O)N[C@@H](CC(N)=O)C(=O)N2CCC[C@H]2C(=O)N[C@@H](CN)C(=O)N[C@@H](CC(C)C)C(=O)N2C[C@H](O)C[C@@H]2C(=O)N[C@@H](Cc2c[nH]c3ccccc23)C(=O)N[C@@H](CCN)C(=O)N[C@@H](Cc2cn(CC(=O)O)c3ccccc23)C(=O)N1C. The molecule has 15 atom stereocenters. The second-order valence-corrected chi connectivity index (χ2v) is 40.8. The first-order valence-corrected chi connectivity index (χ1v) is 52.9. The Kier molecular flexibility index (Phi) is 48.7. The summed E-state index contributed by atoms with van der Waals surface area (Å²) in [6.45, 7) is 10.4. The molecule has 3 aromatic carbocycles. The van der Waals surface area contributed by atoms with Gasteiger partial charge in [-0.2, -0.15) is 0 Å². The van der Waals surface area contributed by atoms with Gasteiger partial charge in [0.1, 0.15) is 96.9 Å². The zero-order chi connectivity index (χ0) is 108. The van der Waals surface area contributed by atoms with Crippen LogP contribution in [0.1, 0.15) is 232 Å². The number of carbonyl (C=O) groups excluding carboxylic acids is 16. The largest absolute Gasteiger partial charge is 0.508 e. The number of aromatic hydroxyl groups is 1. The van der Waals surface area contributed by atoms with E-state index in [-0.39, 0.29) is 120 Å². The zero-order valence-corrected chi connectivity index (χ0v) is 87.3. The van der Waals surface area contributed by atoms with E-state index in [1.165, 1.54) is 72.9 Å². The molecule has 3 aliphatic heterocycles. The zero-order valence-electron chi connectivity index (χ0n) is 86.5. The monoisotopic (exact) mass is 2070 g/mol. The van der Waals surface area contributed by atoms with Gasteiger partial charge in [-0.25, -0.2) is 0 Å². The first-order valence-electron chi connectivity index (χ1n) is 51.8. The highest BCUT2D eigenvalue weighted by molar-refractivity contribution is 8.00. The molecule has 21 N–H and O–H groups in total. The van der Waals surface area contributed by atoms with Gasteiger partial charge < -0.3 is 125 Å². The van der Waals surface area contributed by atoms with E-state index in [0.29, 0.717) is 77.0 Å². The molecular formula is C104H156N20O22S. The molecule has 2 aromatic heterocycles. The molecule has 0 saturated carbocycles. The lowest BCUT2D eigenvalue weighted by atomic mass is 9.99. The molecule has 8 rings (SSSR count). The van der Waals surface area contributed by atoms with E-state index in [1.807, 2.05) is 27.7 Å². The summed E-state index contributed by atoms with van der Waals surface area (Å²) < 4.78 is 1.46. The topological polar surface area (TPSA) is 623 Å². The standard InChI is InChI=1S/C104H156N20O22S/c1-11-13-35-83-97(139)112-74(48-62(3)4)94(136)118-81(92(134)108-46-30-24-22-20-18-16-15-17-19-21-23-25-39-89(129)130)60-147-61-88(128)110-77(50-65-40-42-68(125)43-41-65)100(142)119(8)64(7)91(133)114-79(54-87(107)127)102(144)123-47-31-38-84(123)98(140)117-80(55-106)96(138)115-76(49-63(5)6)103(145)124-58-69(126)53-86(124)99(141)113-75(51-66-56-109-72-34-28-26-32-70(66)72)95(137)111-73(44-45-105)93(135)116-78(101(143)121(10)85(36-14-12-2)104(146)120(83)9)52-67-57-122(59-90(131)132)82-37-29-27-33-71(67)82/h26-29,32-34,37,40-43,56-57,62-64,69,73-81,83-86,109,125-126H,11-25,30-31,35-36,38-39,44-55,58-61,105-106H2,1-10H3,(H2,107,127)(H,108,134)(H,110,128)(H,111,137)(H,112,139)(H,113,141)(H,114,133)(H,115,138)(H,116,135)(H,117,140)(H,118,136)(H,129,130)(H,131,132)/t64-,69+,73-,74-,75-,76-,77-,78-,79-,80-,81-,83-,84-,85-,86+/m0/s1. The number of aliphatic hydroxyl groups excluding tert-OH is 1. The molecule has 3 aliphatic rings. The molecule has 0 radical (unpaired) electrons. The first-order chi connectivity index (χ1) is 70.1. The number of nitrogens with zero attached hydrogens (tertiary/aromatic N) is 6. The Morgan fingerprint density at radius 3 is 1.65 bits per heavy atom. The molecule has 0 bridgehead atoms. The van der Waals surface area contributed by atoms with E-state index < -0.39 is 229 Å². The number of rotatable bonds is 39. The summed E-state index contributed by atoms with van der Waals surface area (Å²) >= 11 is 0.910. The smallest absolute Gasteiger partial charge is 0.323 e. The molecule has 3 saturated heterocycles. The maximum absolute atomic E-state index is 16.1. The minimum atomic E-state index is -1.76. The van der Waals surface area contributed by atoms with Gasteiger partial charge in [-0.3, -0.25) is 86.3 Å². The van der Waals surface area contributed by atoms with Crippen molar-refractivity contribution in [2.45, 2.75) is 332 Å². The number of thioether (sulfide) groups is 1. The van der Waals surface area contributed by atoms with Gasteiger partial charge in [-0.1, -0.05) is 180 Å². The molecule has 42 nitrogen and oxygen atoms in total. The van der Waals surface area contributed by atoms with Crippen LogP contribution in [0.5, 0.6) is 5.75 Å². The van der Waals surface area contributed by atoms with Gasteiger partial charge in [0.05, 0.1) is 18.3 Å². The van der Waals surface area contributed by atoms with Crippen LogP contribution in [0.15, 0.2) is 85.2 Å². The predicted octanol–water partition coefficient (Wildman–Crippen LogP) is 3.43. The van der Waals surface area contributed by atoms with E-state index in [4.69, 9.17) is 22.3 Å². The molecule has 3 fully saturated rings. The number of H-pyrrole nitrogens is 1. The number of hydrogen-bond donors (Lipinski definition) is 18. The summed E-state index contributed by atoms with van der Waals surface area (Å²) in [5.74, 6) is -17.6. The van der Waals surface area contributed by atoms with Crippen molar-refractivity contribution >= 4 is 140 Å². The number of carboxylic acids is 2. The Morgan fingerprint density at radius 1 is 0.503 bits per heavy atom. The van der Waals surface area contributed by atoms with E-state index in [9.17, 15) is 63.3 Å². The van der Waals surface area contributed by atoms with Crippen LogP contribution in [0.25, 0.3) is 21.8 Å². The van der Waals surface area contributed by atoms with Gasteiger partial charge in [-0.05, 0) is 124 Å². The fourth-order valence-electron chi connectivity index (χ4n) is 19.0. The van der Waals surface area contributed by atoms with Crippen molar-refractivity contribution < 1.29 is 107 Å². The van der Waals surface area contributed by atoms with Gasteiger partial charge in [0.15, 0.2) is 0 Å². The van der Waals surface area contributed by atoms with E-state index in [2.05, 4.69) is 58.2 Å². The maximum atomic E-state index is 16.1. The Hall–Kier alpha value is -12.8. The number of para-hydroxylation sites is 2. The Morgan fingerprint density at radius 2 is 1.03 bits per heavy atom. The number of nitrogens with two attached hydrogens (primary N) is 3. The summed E-state index contributed by atoms with van der Waals surface area (Å²) in [5, 5.41) is 69.8. The van der Waals surface area contributed by atoms with Crippen molar-refractivity contribution in [3.8, 4) is 5.75 Å². The van der Waals surface area contributed by atoms with Crippen LogP contribution in [-0.2, 0) is 112 Å². The van der Waals surface area contributed by atoms with Crippen molar-refractivity contribution in [1.82, 2.24) is 87.2 Å². The van der Waals surface area contributed by atoms with Gasteiger partial charge in [0.25, 0.3) is 0 Å². The van der Waals surface area contributed by atoms with E-state index in [0.717, 1.165) is 90.7 Å². The molecule has 0 unspecified atom stereocenters. The molecule has 0 spiro atoms. The summed E-state index contributed by atoms with van der Waals surface area (Å²) in [4.78, 5) is 272. The lowest BCUT2D eigenvalue weighted by Crippen LogP contribution is -2.62. The fourth-order valence-corrected chi connectivity index (χ4v) is 19.9. The average molecular weight is 2070 g/mol. The lowest BCUT2D eigenvalue weighted by molar-refractivity contribution is -0.149. The van der Waals surface area contributed by atoms with Crippen molar-refractivity contribution in [1.29, 1.82) is 0 Å². The summed E-state index contributed by atoms with van der Waals surface area (Å²) in [7, 11) is 4.02. The van der Waals surface area contributed by atoms with Crippen molar-refractivity contribution in [3.63, 3.8) is 0 Å². The average Bonchev–Trinajstić information content (AvgIpc) is 1.65. The number of amides is 16. The van der Waals surface area contributed by atoms with Gasteiger partial charge in [-0.15, -0.1) is 11.8 Å². The third-order valence-corrected chi connectivity index (χ3v) is 28.3. The highest BCUT2D eigenvalue weighted by Gasteiger charge is 2.47. The first kappa shape index (κ1) is 119. The van der Waals surface area contributed by atoms with Crippen molar-refractivity contribution in [2.24, 2.45) is 29.0 Å². The van der Waals surface area contributed by atoms with Crippen LogP contribution in [0, 0.1) is 11.8 Å². The number of fused-ring (bicyclic) bond motifs is 4. The van der Waals surface area contributed by atoms with Gasteiger partial charge >= 0.3 is 11.9 Å². The number of aliphatic hydroxyl groups is 1. The van der Waals surface area contributed by atoms with E-state index in [1.54, 1.807) is 68.6 Å². The summed E-state index contributed by atoms with van der Waals surface area (Å²) in [5.41, 5.74) is 20.7. The molecule has 16 amide bonds. The van der Waals surface area contributed by atoms with Gasteiger partial charge in [0.2, 0.25) is 94.5 Å². The Bertz CT molecular complexity index is 5310. The number of carboxylic acid groups (broad SMARTS) is 2. The number of nitrogens with one attached hydrogen (secondary N) is 11. The number of aromatic nitrogens is 2. The number of primary amides is 1. The van der Waals surface area contributed by atoms with Crippen LogP contribution in [-0.4, -0.2) is 317 Å². The Balaban J connectivity index is 1.18. The second-order valence-electron chi connectivity index (χ2n) is 39.8. The molecule has 147 heavy (non-hydrogen) atoms. The van der Waals surface area contributed by atoms with Crippen LogP contribution in [0.3, 0.4) is 0 Å². The van der Waals surface area contributed by atoms with Gasteiger partial charge in [0, 0.05) is 119 Å². The third kappa shape index (κ3) is 36.4. The van der Waals surface area contributed by atoms with Crippen molar-refractivity contribution in [3.05, 3.63) is 102 Å². The molecule has 0 aliphatic carbocycles. The maximum Gasteiger partial charge on any atom is 0.323 e. The number of carbonyl (C=O) groups is 18.